The zero-order chi connectivity index (χ0) is 18.8. The number of benzene rings is 2. The van der Waals surface area contributed by atoms with Gasteiger partial charge >= 0.3 is 5.76 Å². The summed E-state index contributed by atoms with van der Waals surface area (Å²) >= 11 is 5.85. The van der Waals surface area contributed by atoms with Gasteiger partial charge in [0, 0.05) is 23.2 Å². The minimum Gasteiger partial charge on any atom is -0.495 e. The Kier molecular flexibility index (Phi) is 4.63. The third-order valence-electron chi connectivity index (χ3n) is 3.60. The second kappa shape index (κ2) is 6.89. The summed E-state index contributed by atoms with van der Waals surface area (Å²) in [6.07, 6.45) is 0. The highest BCUT2D eigenvalue weighted by Crippen LogP contribution is 2.29. The quantitative estimate of drug-likeness (QED) is 0.539. The number of nitro benzene ring substituents is 1. The maximum atomic E-state index is 12.3. The van der Waals surface area contributed by atoms with Crippen LogP contribution in [0.4, 0.5) is 11.4 Å². The van der Waals surface area contributed by atoms with Crippen LogP contribution in [0.2, 0.25) is 5.02 Å². The van der Waals surface area contributed by atoms with Crippen molar-refractivity contribution in [2.24, 2.45) is 0 Å². The summed E-state index contributed by atoms with van der Waals surface area (Å²) < 4.78 is 11.3. The van der Waals surface area contributed by atoms with Crippen molar-refractivity contribution < 1.29 is 18.9 Å². The largest absolute Gasteiger partial charge is 0.495 e. The number of hydrogen-bond donors (Lipinski definition) is 1. The van der Waals surface area contributed by atoms with Gasteiger partial charge in [-0.1, -0.05) is 11.6 Å². The molecule has 0 fully saturated rings. The summed E-state index contributed by atoms with van der Waals surface area (Å²) in [4.78, 5) is 34.6. The first-order valence-corrected chi connectivity index (χ1v) is 7.68. The summed E-state index contributed by atoms with van der Waals surface area (Å²) in [7, 11) is 1.37. The van der Waals surface area contributed by atoms with Gasteiger partial charge in [-0.05, 0) is 18.2 Å². The molecule has 9 nitrogen and oxygen atoms in total. The predicted molar refractivity (Wildman–Crippen MR) is 93.8 cm³/mol. The number of fused-ring (bicyclic) bond motifs is 1. The summed E-state index contributed by atoms with van der Waals surface area (Å²) in [6.45, 7) is -0.348. The lowest BCUT2D eigenvalue weighted by Gasteiger charge is -2.10. The number of methoxy groups -OCH3 is 1. The molecule has 0 aliphatic rings. The van der Waals surface area contributed by atoms with E-state index in [4.69, 9.17) is 20.8 Å². The molecule has 0 bridgehead atoms. The van der Waals surface area contributed by atoms with Gasteiger partial charge in [0.15, 0.2) is 5.58 Å². The van der Waals surface area contributed by atoms with Gasteiger partial charge in [-0.2, -0.15) is 0 Å². The smallest absolute Gasteiger partial charge is 0.420 e. The van der Waals surface area contributed by atoms with E-state index in [9.17, 15) is 19.7 Å². The first-order valence-electron chi connectivity index (χ1n) is 7.30. The molecule has 10 heteroatoms. The number of rotatable bonds is 5. The van der Waals surface area contributed by atoms with Crippen molar-refractivity contribution in [2.45, 2.75) is 6.54 Å². The number of ether oxygens (including phenoxy) is 1. The first kappa shape index (κ1) is 17.5. The third-order valence-corrected chi connectivity index (χ3v) is 3.84. The number of nitrogens with one attached hydrogen (secondary N) is 1. The summed E-state index contributed by atoms with van der Waals surface area (Å²) in [5.41, 5.74) is 0.570. The number of nitrogens with zero attached hydrogens (tertiary/aromatic N) is 2. The van der Waals surface area contributed by atoms with Crippen LogP contribution in [0.5, 0.6) is 5.75 Å². The Morgan fingerprint density at radius 1 is 1.35 bits per heavy atom. The topological polar surface area (TPSA) is 117 Å². The zero-order valence-corrected chi connectivity index (χ0v) is 14.1. The van der Waals surface area contributed by atoms with Gasteiger partial charge in [0.2, 0.25) is 5.91 Å². The Balaban J connectivity index is 1.88. The third kappa shape index (κ3) is 3.38. The lowest BCUT2D eigenvalue weighted by molar-refractivity contribution is -0.384. The van der Waals surface area contributed by atoms with Crippen LogP contribution in [-0.2, 0) is 11.3 Å². The molecule has 0 atom stereocenters. The molecule has 1 aromatic heterocycles. The Morgan fingerprint density at radius 3 is 2.81 bits per heavy atom. The minimum atomic E-state index is -0.719. The second-order valence-corrected chi connectivity index (χ2v) is 5.69. The fourth-order valence-electron chi connectivity index (χ4n) is 2.43. The molecule has 0 radical (unpaired) electrons. The number of carbonyl (C=O) groups is 1. The van der Waals surface area contributed by atoms with E-state index in [1.165, 1.54) is 31.4 Å². The van der Waals surface area contributed by atoms with E-state index in [0.717, 1.165) is 4.57 Å². The van der Waals surface area contributed by atoms with Crippen molar-refractivity contribution in [2.75, 3.05) is 12.4 Å². The van der Waals surface area contributed by atoms with E-state index in [-0.39, 0.29) is 29.3 Å². The number of nitro groups is 1. The maximum Gasteiger partial charge on any atom is 0.420 e. The first-order chi connectivity index (χ1) is 12.4. The van der Waals surface area contributed by atoms with Crippen LogP contribution < -0.4 is 15.8 Å². The van der Waals surface area contributed by atoms with Crippen LogP contribution in [0.1, 0.15) is 0 Å². The molecule has 3 rings (SSSR count). The van der Waals surface area contributed by atoms with Crippen molar-refractivity contribution in [1.29, 1.82) is 0 Å². The molecule has 3 aromatic rings. The number of non-ortho nitro benzene ring substituents is 1. The highest BCUT2D eigenvalue weighted by Gasteiger charge is 2.16. The molecule has 26 heavy (non-hydrogen) atoms. The minimum absolute atomic E-state index is 0.121. The molecule has 0 saturated carbocycles. The summed E-state index contributed by atoms with van der Waals surface area (Å²) in [5, 5.41) is 13.8. The monoisotopic (exact) mass is 377 g/mol. The molecule has 1 amide bonds. The Labute approximate surface area is 150 Å². The highest BCUT2D eigenvalue weighted by atomic mass is 35.5. The number of oxazole rings is 1. The van der Waals surface area contributed by atoms with E-state index < -0.39 is 16.6 Å². The van der Waals surface area contributed by atoms with Crippen LogP contribution in [0.25, 0.3) is 11.1 Å². The molecule has 0 aliphatic heterocycles. The molecule has 2 aromatic carbocycles. The number of carbonyl (C=O) groups excluding carboxylic acids is 1. The van der Waals surface area contributed by atoms with E-state index in [2.05, 4.69) is 5.32 Å². The van der Waals surface area contributed by atoms with Gasteiger partial charge in [-0.3, -0.25) is 19.5 Å². The molecule has 1 N–H and O–H groups in total. The molecule has 0 saturated heterocycles. The standard InChI is InChI=1S/C16H12ClN3O6/c1-25-13-5-3-10(20(23)24)7-11(13)18-15(21)8-19-12-4-2-9(17)6-14(12)26-16(19)22/h2-7H,8H2,1H3,(H,18,21). The molecule has 0 aliphatic carbocycles. The van der Waals surface area contributed by atoms with Gasteiger partial charge in [0.1, 0.15) is 12.3 Å². The van der Waals surface area contributed by atoms with Gasteiger partial charge in [-0.15, -0.1) is 0 Å². The van der Waals surface area contributed by atoms with Crippen LogP contribution in [0, 0.1) is 10.1 Å². The number of anilines is 1. The Morgan fingerprint density at radius 2 is 2.12 bits per heavy atom. The lowest BCUT2D eigenvalue weighted by atomic mass is 10.2. The van der Waals surface area contributed by atoms with E-state index >= 15 is 0 Å². The molecule has 0 unspecified atom stereocenters. The van der Waals surface area contributed by atoms with Crippen molar-refractivity contribution >= 4 is 40.0 Å². The summed E-state index contributed by atoms with van der Waals surface area (Å²) in [6, 6.07) is 8.39. The van der Waals surface area contributed by atoms with Gasteiger partial charge < -0.3 is 14.5 Å². The number of amides is 1. The SMILES string of the molecule is COc1ccc([N+](=O)[O-])cc1NC(=O)Cn1c(=O)oc2cc(Cl)ccc21. The molecule has 134 valence electrons. The van der Waals surface area contributed by atoms with Crippen LogP contribution in [0.15, 0.2) is 45.6 Å². The maximum absolute atomic E-state index is 12.3. The van der Waals surface area contributed by atoms with E-state index in [1.54, 1.807) is 12.1 Å². The number of aromatic nitrogens is 1. The highest BCUT2D eigenvalue weighted by molar-refractivity contribution is 6.31. The molecular formula is C16H12ClN3O6. The Hall–Kier alpha value is -3.33. The Bertz CT molecular complexity index is 1070. The van der Waals surface area contributed by atoms with Crippen molar-refractivity contribution in [3.8, 4) is 5.75 Å². The van der Waals surface area contributed by atoms with Gasteiger partial charge in [0.25, 0.3) is 5.69 Å². The summed E-state index contributed by atoms with van der Waals surface area (Å²) in [5.74, 6) is -1.05. The molecule has 0 spiro atoms. The number of hydrogen-bond acceptors (Lipinski definition) is 6. The van der Waals surface area contributed by atoms with Crippen molar-refractivity contribution in [3.63, 3.8) is 0 Å². The fraction of sp³-hybridized carbons (Fsp3) is 0.125. The van der Waals surface area contributed by atoms with Crippen LogP contribution >= 0.6 is 11.6 Å². The van der Waals surface area contributed by atoms with Crippen LogP contribution in [0.3, 0.4) is 0 Å². The number of halogens is 1. The fourth-order valence-corrected chi connectivity index (χ4v) is 2.59. The second-order valence-electron chi connectivity index (χ2n) is 5.26. The van der Waals surface area contributed by atoms with Gasteiger partial charge in [0.05, 0.1) is 23.2 Å². The predicted octanol–water partition coefficient (Wildman–Crippen LogP) is 2.80. The average molecular weight is 378 g/mol. The van der Waals surface area contributed by atoms with Crippen LogP contribution in [-0.4, -0.2) is 22.5 Å². The molecular weight excluding hydrogens is 366 g/mol. The average Bonchev–Trinajstić information content (AvgIpc) is 2.89. The van der Waals surface area contributed by atoms with Gasteiger partial charge in [-0.25, -0.2) is 4.79 Å². The molecule has 1 heterocycles. The van der Waals surface area contributed by atoms with Crippen molar-refractivity contribution in [3.05, 3.63) is 62.1 Å². The van der Waals surface area contributed by atoms with E-state index in [0.29, 0.717) is 10.5 Å². The lowest BCUT2D eigenvalue weighted by Crippen LogP contribution is -2.25. The normalized spacial score (nSPS) is 10.7. The van der Waals surface area contributed by atoms with E-state index in [1.807, 2.05) is 0 Å². The zero-order valence-electron chi connectivity index (χ0n) is 13.4. The van der Waals surface area contributed by atoms with Crippen molar-refractivity contribution in [1.82, 2.24) is 4.57 Å².